The first-order chi connectivity index (χ1) is 14.1. The number of piperidine rings is 1. The number of aromatic amines is 1. The topological polar surface area (TPSA) is 79.0 Å². The summed E-state index contributed by atoms with van der Waals surface area (Å²) in [6.07, 6.45) is 4.08. The van der Waals surface area contributed by atoms with Gasteiger partial charge in [0, 0.05) is 42.1 Å². The predicted molar refractivity (Wildman–Crippen MR) is 114 cm³/mol. The Labute approximate surface area is 173 Å². The van der Waals surface area contributed by atoms with E-state index in [-0.39, 0.29) is 23.3 Å². The number of carbonyl (C=O) groups is 1. The Hall–Kier alpha value is -2.80. The van der Waals surface area contributed by atoms with E-state index in [0.29, 0.717) is 30.3 Å². The first kappa shape index (κ1) is 19.5. The van der Waals surface area contributed by atoms with Crippen molar-refractivity contribution in [2.45, 2.75) is 32.1 Å². The number of pyridine rings is 1. The summed E-state index contributed by atoms with van der Waals surface area (Å²) >= 11 is 1.70. The van der Waals surface area contributed by atoms with Crippen LogP contribution in [-0.2, 0) is 11.2 Å². The quantitative estimate of drug-likeness (QED) is 0.701. The minimum absolute atomic E-state index is 0.0179. The molecule has 0 saturated carbocycles. The molecule has 0 radical (unpaired) electrons. The molecule has 1 saturated heterocycles. The largest absolute Gasteiger partial charge is 0.342 e. The van der Waals surface area contributed by atoms with Gasteiger partial charge >= 0.3 is 0 Å². The SMILES string of the molecule is CC(Cc1cccs1)C(=O)N1CCC(c2nc(-c3ccccn3)cc(=O)[nH]2)CC1. The molecule has 1 atom stereocenters. The molecule has 4 rings (SSSR count). The van der Waals surface area contributed by atoms with Crippen molar-refractivity contribution in [2.75, 3.05) is 13.1 Å². The number of thiophene rings is 1. The van der Waals surface area contributed by atoms with Gasteiger partial charge in [0.1, 0.15) is 5.82 Å². The van der Waals surface area contributed by atoms with Crippen molar-refractivity contribution in [3.05, 3.63) is 69.0 Å². The van der Waals surface area contributed by atoms with Crippen LogP contribution in [-0.4, -0.2) is 38.8 Å². The van der Waals surface area contributed by atoms with Crippen molar-refractivity contribution in [1.29, 1.82) is 0 Å². The second-order valence-electron chi connectivity index (χ2n) is 7.51. The number of nitrogens with zero attached hydrogens (tertiary/aromatic N) is 3. The summed E-state index contributed by atoms with van der Waals surface area (Å²) in [5.41, 5.74) is 1.11. The van der Waals surface area contributed by atoms with Crippen LogP contribution in [0.4, 0.5) is 0 Å². The zero-order chi connectivity index (χ0) is 20.2. The summed E-state index contributed by atoms with van der Waals surface area (Å²) in [7, 11) is 0. The van der Waals surface area contributed by atoms with Gasteiger partial charge in [0.05, 0.1) is 11.4 Å². The monoisotopic (exact) mass is 408 g/mol. The maximum Gasteiger partial charge on any atom is 0.251 e. The summed E-state index contributed by atoms with van der Waals surface area (Å²) in [4.78, 5) is 40.0. The van der Waals surface area contributed by atoms with Crippen LogP contribution in [0.2, 0.25) is 0 Å². The number of hydrogen-bond donors (Lipinski definition) is 1. The summed E-state index contributed by atoms with van der Waals surface area (Å²) in [5, 5.41) is 2.05. The molecule has 1 N–H and O–H groups in total. The van der Waals surface area contributed by atoms with Crippen molar-refractivity contribution in [3.63, 3.8) is 0 Å². The van der Waals surface area contributed by atoms with Gasteiger partial charge in [0.15, 0.2) is 0 Å². The molecule has 0 aliphatic carbocycles. The first-order valence-electron chi connectivity index (χ1n) is 9.94. The standard InChI is InChI=1S/C22H24N4O2S/c1-15(13-17-5-4-12-29-17)22(28)26-10-7-16(8-11-26)21-24-19(14-20(27)25-21)18-6-2-3-9-23-18/h2-6,9,12,14-16H,7-8,10-11,13H2,1H3,(H,24,25,27). The fourth-order valence-corrected chi connectivity index (χ4v) is 4.65. The number of rotatable bonds is 5. The van der Waals surface area contributed by atoms with E-state index in [2.05, 4.69) is 21.0 Å². The third kappa shape index (κ3) is 4.62. The van der Waals surface area contributed by atoms with E-state index >= 15 is 0 Å². The van der Waals surface area contributed by atoms with Gasteiger partial charge in [0.25, 0.3) is 5.56 Å². The van der Waals surface area contributed by atoms with Gasteiger partial charge in [-0.05, 0) is 42.8 Å². The third-order valence-electron chi connectivity index (χ3n) is 5.39. The van der Waals surface area contributed by atoms with E-state index in [1.54, 1.807) is 17.5 Å². The Morgan fingerprint density at radius 3 is 2.76 bits per heavy atom. The molecule has 1 unspecified atom stereocenters. The van der Waals surface area contributed by atoms with Crippen LogP contribution in [0.25, 0.3) is 11.4 Å². The molecular formula is C22H24N4O2S. The van der Waals surface area contributed by atoms with Crippen LogP contribution < -0.4 is 5.56 Å². The van der Waals surface area contributed by atoms with E-state index in [0.717, 1.165) is 19.3 Å². The normalized spacial score (nSPS) is 16.0. The number of carbonyl (C=O) groups excluding carboxylic acids is 1. The fraction of sp³-hybridized carbons (Fsp3) is 0.364. The van der Waals surface area contributed by atoms with Crippen LogP contribution in [0, 0.1) is 5.92 Å². The van der Waals surface area contributed by atoms with E-state index < -0.39 is 0 Å². The van der Waals surface area contributed by atoms with Crippen molar-refractivity contribution in [1.82, 2.24) is 19.9 Å². The summed E-state index contributed by atoms with van der Waals surface area (Å²) in [6.45, 7) is 3.38. The number of nitrogens with one attached hydrogen (secondary N) is 1. The van der Waals surface area contributed by atoms with Gasteiger partial charge in [-0.15, -0.1) is 11.3 Å². The predicted octanol–water partition coefficient (Wildman–Crippen LogP) is 3.48. The lowest BCUT2D eigenvalue weighted by Gasteiger charge is -2.33. The average Bonchev–Trinajstić information content (AvgIpc) is 3.26. The van der Waals surface area contributed by atoms with Crippen LogP contribution in [0.1, 0.15) is 36.4 Å². The molecule has 1 aliphatic heterocycles. The molecule has 0 spiro atoms. The van der Waals surface area contributed by atoms with Crippen LogP contribution in [0.15, 0.2) is 52.8 Å². The zero-order valence-corrected chi connectivity index (χ0v) is 17.2. The van der Waals surface area contributed by atoms with Gasteiger partial charge in [0.2, 0.25) is 5.91 Å². The molecule has 1 amide bonds. The van der Waals surface area contributed by atoms with Crippen LogP contribution in [0.3, 0.4) is 0 Å². The summed E-state index contributed by atoms with van der Waals surface area (Å²) in [6, 6.07) is 11.2. The molecule has 1 fully saturated rings. The highest BCUT2D eigenvalue weighted by atomic mass is 32.1. The molecule has 4 heterocycles. The molecule has 3 aromatic heterocycles. The Kier molecular flexibility index (Phi) is 5.85. The Bertz CT molecular complexity index is 1010. The molecule has 7 heteroatoms. The van der Waals surface area contributed by atoms with Gasteiger partial charge in [-0.2, -0.15) is 0 Å². The summed E-state index contributed by atoms with van der Waals surface area (Å²) in [5.74, 6) is 1.02. The van der Waals surface area contributed by atoms with E-state index in [9.17, 15) is 9.59 Å². The molecule has 0 aromatic carbocycles. The highest BCUT2D eigenvalue weighted by Gasteiger charge is 2.28. The smallest absolute Gasteiger partial charge is 0.251 e. The maximum atomic E-state index is 12.8. The molecule has 1 aliphatic rings. The Morgan fingerprint density at radius 2 is 2.07 bits per heavy atom. The van der Waals surface area contributed by atoms with Crippen molar-refractivity contribution in [2.24, 2.45) is 5.92 Å². The number of likely N-dealkylation sites (tertiary alicyclic amines) is 1. The van der Waals surface area contributed by atoms with Crippen molar-refractivity contribution < 1.29 is 4.79 Å². The molecule has 6 nitrogen and oxygen atoms in total. The van der Waals surface area contributed by atoms with E-state index in [1.165, 1.54) is 10.9 Å². The Balaban J connectivity index is 1.41. The van der Waals surface area contributed by atoms with Crippen molar-refractivity contribution >= 4 is 17.2 Å². The minimum atomic E-state index is -0.168. The lowest BCUT2D eigenvalue weighted by Crippen LogP contribution is -2.41. The summed E-state index contributed by atoms with van der Waals surface area (Å²) < 4.78 is 0. The number of hydrogen-bond acceptors (Lipinski definition) is 5. The average molecular weight is 409 g/mol. The lowest BCUT2D eigenvalue weighted by molar-refractivity contribution is -0.136. The second-order valence-corrected chi connectivity index (χ2v) is 8.55. The first-order valence-corrected chi connectivity index (χ1v) is 10.8. The lowest BCUT2D eigenvalue weighted by atomic mass is 9.94. The highest BCUT2D eigenvalue weighted by Crippen LogP contribution is 2.27. The van der Waals surface area contributed by atoms with Crippen LogP contribution >= 0.6 is 11.3 Å². The molecule has 0 bridgehead atoms. The Morgan fingerprint density at radius 1 is 1.24 bits per heavy atom. The fourth-order valence-electron chi connectivity index (χ4n) is 3.82. The highest BCUT2D eigenvalue weighted by molar-refractivity contribution is 7.09. The van der Waals surface area contributed by atoms with Gasteiger partial charge in [-0.3, -0.25) is 14.6 Å². The van der Waals surface area contributed by atoms with Crippen LogP contribution in [0.5, 0.6) is 0 Å². The minimum Gasteiger partial charge on any atom is -0.342 e. The van der Waals surface area contributed by atoms with Crippen molar-refractivity contribution in [3.8, 4) is 11.4 Å². The van der Waals surface area contributed by atoms with E-state index in [1.807, 2.05) is 41.5 Å². The number of amides is 1. The molecule has 29 heavy (non-hydrogen) atoms. The second kappa shape index (κ2) is 8.69. The number of aromatic nitrogens is 3. The maximum absolute atomic E-state index is 12.8. The zero-order valence-electron chi connectivity index (χ0n) is 16.4. The third-order valence-corrected chi connectivity index (χ3v) is 6.29. The number of H-pyrrole nitrogens is 1. The van der Waals surface area contributed by atoms with Gasteiger partial charge in [-0.25, -0.2) is 4.98 Å². The van der Waals surface area contributed by atoms with Gasteiger partial charge in [-0.1, -0.05) is 19.1 Å². The van der Waals surface area contributed by atoms with Gasteiger partial charge < -0.3 is 9.88 Å². The molecular weight excluding hydrogens is 384 g/mol. The molecule has 3 aromatic rings. The molecule has 150 valence electrons. The van der Waals surface area contributed by atoms with E-state index in [4.69, 9.17) is 0 Å².